The van der Waals surface area contributed by atoms with Crippen molar-refractivity contribution in [3.8, 4) is 0 Å². The minimum Gasteiger partial charge on any atom is -0.289 e. The molecule has 1 aromatic carbocycles. The van der Waals surface area contributed by atoms with Gasteiger partial charge in [-0.3, -0.25) is 4.79 Å². The van der Waals surface area contributed by atoms with Crippen molar-refractivity contribution < 1.29 is 9.18 Å². The highest BCUT2D eigenvalue weighted by atomic mass is 32.1. The van der Waals surface area contributed by atoms with Crippen LogP contribution in [0.2, 0.25) is 0 Å². The molecule has 0 spiro atoms. The maximum absolute atomic E-state index is 12.9. The number of hydrogen-bond donors (Lipinski definition) is 0. The Hall–Kier alpha value is -1.48. The van der Waals surface area contributed by atoms with Gasteiger partial charge >= 0.3 is 0 Å². The summed E-state index contributed by atoms with van der Waals surface area (Å²) in [6, 6.07) is 6.10. The summed E-state index contributed by atoms with van der Waals surface area (Å²) < 4.78 is 12.9. The van der Waals surface area contributed by atoms with E-state index in [1.807, 2.05) is 18.4 Å². The van der Waals surface area contributed by atoms with Crippen molar-refractivity contribution in [2.24, 2.45) is 0 Å². The topological polar surface area (TPSA) is 17.1 Å². The van der Waals surface area contributed by atoms with Crippen LogP contribution in [0.4, 0.5) is 4.39 Å². The molecule has 0 aliphatic rings. The van der Waals surface area contributed by atoms with Crippen molar-refractivity contribution in [3.05, 3.63) is 57.0 Å². The van der Waals surface area contributed by atoms with Crippen molar-refractivity contribution in [1.82, 2.24) is 0 Å². The molecule has 2 rings (SSSR count). The molecule has 3 heteroatoms. The maximum Gasteiger partial charge on any atom is 0.194 e. The molecule has 0 saturated carbocycles. The van der Waals surface area contributed by atoms with Gasteiger partial charge < -0.3 is 0 Å². The molecule has 0 N–H and O–H groups in total. The number of carbonyl (C=O) groups is 1. The number of hydrogen-bond acceptors (Lipinski definition) is 2. The van der Waals surface area contributed by atoms with Crippen LogP contribution in [-0.2, 0) is 0 Å². The average Bonchev–Trinajstić information content (AvgIpc) is 2.64. The normalized spacial score (nSPS) is 10.4. The van der Waals surface area contributed by atoms with E-state index in [9.17, 15) is 9.18 Å². The van der Waals surface area contributed by atoms with E-state index < -0.39 is 0 Å². The fraction of sp³-hybridized carbons (Fsp3) is 0.154. The first-order chi connectivity index (χ1) is 7.58. The molecule has 2 aromatic rings. The van der Waals surface area contributed by atoms with Crippen LogP contribution in [0, 0.1) is 19.7 Å². The summed E-state index contributed by atoms with van der Waals surface area (Å²) in [7, 11) is 0. The van der Waals surface area contributed by atoms with Gasteiger partial charge in [0.2, 0.25) is 0 Å². The van der Waals surface area contributed by atoms with Crippen molar-refractivity contribution in [2.75, 3.05) is 0 Å². The highest BCUT2D eigenvalue weighted by Crippen LogP contribution is 2.19. The summed E-state index contributed by atoms with van der Waals surface area (Å²) >= 11 is 1.54. The van der Waals surface area contributed by atoms with Gasteiger partial charge in [0.1, 0.15) is 5.82 Å². The molecule has 16 heavy (non-hydrogen) atoms. The van der Waals surface area contributed by atoms with Crippen LogP contribution < -0.4 is 0 Å². The van der Waals surface area contributed by atoms with Gasteiger partial charge in [-0.05, 0) is 43.7 Å². The summed E-state index contributed by atoms with van der Waals surface area (Å²) in [6.07, 6.45) is 0. The molecule has 0 unspecified atom stereocenters. The Bertz CT molecular complexity index is 543. The fourth-order valence-corrected chi connectivity index (χ4v) is 2.28. The summed E-state index contributed by atoms with van der Waals surface area (Å²) in [6.45, 7) is 3.70. The monoisotopic (exact) mass is 234 g/mol. The van der Waals surface area contributed by atoms with E-state index in [0.29, 0.717) is 16.7 Å². The second kappa shape index (κ2) is 4.18. The first-order valence-electron chi connectivity index (χ1n) is 4.94. The molecule has 1 aromatic heterocycles. The van der Waals surface area contributed by atoms with Gasteiger partial charge in [-0.1, -0.05) is 0 Å². The Kier molecular flexibility index (Phi) is 2.88. The average molecular weight is 234 g/mol. The first-order valence-corrected chi connectivity index (χ1v) is 5.82. The smallest absolute Gasteiger partial charge is 0.194 e. The summed E-state index contributed by atoms with van der Waals surface area (Å²) in [5, 5.41) is 1.83. The lowest BCUT2D eigenvalue weighted by atomic mass is 10.0. The van der Waals surface area contributed by atoms with E-state index in [0.717, 1.165) is 4.88 Å². The van der Waals surface area contributed by atoms with Crippen molar-refractivity contribution >= 4 is 17.1 Å². The van der Waals surface area contributed by atoms with Crippen molar-refractivity contribution in [2.45, 2.75) is 13.8 Å². The predicted molar refractivity (Wildman–Crippen MR) is 63.6 cm³/mol. The second-order valence-corrected chi connectivity index (χ2v) is 4.85. The van der Waals surface area contributed by atoms with Crippen LogP contribution in [0.15, 0.2) is 29.6 Å². The number of ketones is 1. The molecule has 0 fully saturated rings. The zero-order chi connectivity index (χ0) is 11.7. The lowest BCUT2D eigenvalue weighted by Crippen LogP contribution is -2.02. The van der Waals surface area contributed by atoms with Crippen LogP contribution in [0.1, 0.15) is 26.4 Å². The highest BCUT2D eigenvalue weighted by Gasteiger charge is 2.13. The van der Waals surface area contributed by atoms with Gasteiger partial charge in [-0.25, -0.2) is 4.39 Å². The van der Waals surface area contributed by atoms with Crippen LogP contribution in [-0.4, -0.2) is 5.78 Å². The molecule has 0 amide bonds. The quantitative estimate of drug-likeness (QED) is 0.723. The lowest BCUT2D eigenvalue weighted by molar-refractivity contribution is 0.103. The van der Waals surface area contributed by atoms with Gasteiger partial charge in [0.15, 0.2) is 5.78 Å². The minimum atomic E-state index is -0.310. The van der Waals surface area contributed by atoms with Crippen molar-refractivity contribution in [1.29, 1.82) is 0 Å². The highest BCUT2D eigenvalue weighted by molar-refractivity contribution is 7.10. The van der Waals surface area contributed by atoms with E-state index in [-0.39, 0.29) is 11.6 Å². The molecule has 1 nitrogen and oxygen atoms in total. The fourth-order valence-electron chi connectivity index (χ4n) is 1.60. The SMILES string of the molecule is Cc1cc(C(=O)c2ccc(F)cc2C)cs1. The standard InChI is InChI=1S/C13H11FOS/c1-8-5-11(14)3-4-12(8)13(15)10-6-9(2)16-7-10/h3-7H,1-2H3. The molecule has 1 heterocycles. The Labute approximate surface area is 97.6 Å². The number of rotatable bonds is 2. The molecule has 0 atom stereocenters. The van der Waals surface area contributed by atoms with Crippen LogP contribution >= 0.6 is 11.3 Å². The number of thiophene rings is 1. The molecular weight excluding hydrogens is 223 g/mol. The van der Waals surface area contributed by atoms with E-state index in [1.54, 1.807) is 24.3 Å². The Morgan fingerprint density at radius 2 is 2.00 bits per heavy atom. The Balaban J connectivity index is 2.41. The lowest BCUT2D eigenvalue weighted by Gasteiger charge is -2.03. The molecule has 0 aliphatic carbocycles. The number of halogens is 1. The molecular formula is C13H11FOS. The van der Waals surface area contributed by atoms with Crippen LogP contribution in [0.25, 0.3) is 0 Å². The predicted octanol–water partition coefficient (Wildman–Crippen LogP) is 3.74. The summed E-state index contributed by atoms with van der Waals surface area (Å²) in [4.78, 5) is 13.2. The van der Waals surface area contributed by atoms with Crippen molar-refractivity contribution in [3.63, 3.8) is 0 Å². The van der Waals surface area contributed by atoms with E-state index in [2.05, 4.69) is 0 Å². The summed E-state index contributed by atoms with van der Waals surface area (Å²) in [5.41, 5.74) is 1.92. The minimum absolute atomic E-state index is 0.0400. The zero-order valence-electron chi connectivity index (χ0n) is 9.08. The number of aryl methyl sites for hydroxylation is 2. The maximum atomic E-state index is 12.9. The Morgan fingerprint density at radius 1 is 1.25 bits per heavy atom. The summed E-state index contributed by atoms with van der Waals surface area (Å²) in [5.74, 6) is -0.350. The first kappa shape index (κ1) is 11.0. The molecule has 0 radical (unpaired) electrons. The van der Waals surface area contributed by atoms with E-state index in [1.165, 1.54) is 12.1 Å². The molecule has 82 valence electrons. The van der Waals surface area contributed by atoms with Crippen LogP contribution in [0.3, 0.4) is 0 Å². The third kappa shape index (κ3) is 2.04. The molecule has 0 aliphatic heterocycles. The van der Waals surface area contributed by atoms with Gasteiger partial charge in [0.05, 0.1) is 0 Å². The van der Waals surface area contributed by atoms with E-state index in [4.69, 9.17) is 0 Å². The third-order valence-electron chi connectivity index (χ3n) is 2.43. The van der Waals surface area contributed by atoms with Gasteiger partial charge in [-0.15, -0.1) is 11.3 Å². The number of carbonyl (C=O) groups excluding carboxylic acids is 1. The Morgan fingerprint density at radius 3 is 2.56 bits per heavy atom. The second-order valence-electron chi connectivity index (χ2n) is 3.73. The van der Waals surface area contributed by atoms with Gasteiger partial charge in [0.25, 0.3) is 0 Å². The van der Waals surface area contributed by atoms with Gasteiger partial charge in [-0.2, -0.15) is 0 Å². The molecule has 0 saturated heterocycles. The molecule has 0 bridgehead atoms. The van der Waals surface area contributed by atoms with Gasteiger partial charge in [0, 0.05) is 21.4 Å². The third-order valence-corrected chi connectivity index (χ3v) is 3.29. The zero-order valence-corrected chi connectivity index (χ0v) is 9.90. The van der Waals surface area contributed by atoms with Crippen LogP contribution in [0.5, 0.6) is 0 Å². The van der Waals surface area contributed by atoms with E-state index >= 15 is 0 Å². The number of benzene rings is 1. The largest absolute Gasteiger partial charge is 0.289 e.